The van der Waals surface area contributed by atoms with Crippen molar-refractivity contribution in [1.29, 1.82) is 0 Å². The predicted molar refractivity (Wildman–Crippen MR) is 111 cm³/mol. The van der Waals surface area contributed by atoms with Crippen LogP contribution in [0.3, 0.4) is 0 Å². The van der Waals surface area contributed by atoms with Gasteiger partial charge in [-0.25, -0.2) is 14.8 Å². The number of hydrogen-bond acceptors (Lipinski definition) is 9. The smallest absolute Gasteiger partial charge is 0.353 e. The van der Waals surface area contributed by atoms with Gasteiger partial charge in [0.1, 0.15) is 6.33 Å². The van der Waals surface area contributed by atoms with Crippen molar-refractivity contribution in [3.8, 4) is 0 Å². The molecule has 0 spiro atoms. The zero-order chi connectivity index (χ0) is 21.5. The summed E-state index contributed by atoms with van der Waals surface area (Å²) < 4.78 is 5.19. The third-order valence-corrected chi connectivity index (χ3v) is 3.88. The second kappa shape index (κ2) is 9.41. The van der Waals surface area contributed by atoms with Gasteiger partial charge in [-0.2, -0.15) is 0 Å². The first-order valence-corrected chi connectivity index (χ1v) is 9.14. The molecular weight excluding hydrogens is 388 g/mol. The van der Waals surface area contributed by atoms with E-state index in [1.54, 1.807) is 48.8 Å². The van der Waals surface area contributed by atoms with Crippen molar-refractivity contribution in [1.82, 2.24) is 15.0 Å². The summed E-state index contributed by atoms with van der Waals surface area (Å²) >= 11 is 0. The van der Waals surface area contributed by atoms with Crippen LogP contribution in [0, 0.1) is 16.0 Å². The van der Waals surface area contributed by atoms with Gasteiger partial charge in [-0.15, -0.1) is 0 Å². The standard InChI is InChI=1S/C20H20N6O4/c1-13(2)11-30-20(27)14-3-5-15(6-4-14)24-18-17(26(28)29)19(23-12-22-18)25-16-7-9-21-10-8-16/h3-10,12-13H,11H2,1-2H3,(H2,21,22,23,24,25). The molecule has 0 aliphatic rings. The summed E-state index contributed by atoms with van der Waals surface area (Å²) in [4.78, 5) is 35.0. The van der Waals surface area contributed by atoms with E-state index in [0.29, 0.717) is 23.5 Å². The van der Waals surface area contributed by atoms with E-state index >= 15 is 0 Å². The number of anilines is 4. The Morgan fingerprint density at radius 1 is 1.03 bits per heavy atom. The van der Waals surface area contributed by atoms with Crippen molar-refractivity contribution >= 4 is 34.7 Å². The zero-order valence-electron chi connectivity index (χ0n) is 16.4. The molecule has 0 fully saturated rings. The van der Waals surface area contributed by atoms with E-state index in [-0.39, 0.29) is 23.2 Å². The number of aromatic nitrogens is 3. The molecule has 0 atom stereocenters. The molecule has 0 aliphatic heterocycles. The molecule has 3 rings (SSSR count). The van der Waals surface area contributed by atoms with E-state index in [4.69, 9.17) is 4.74 Å². The Morgan fingerprint density at radius 2 is 1.60 bits per heavy atom. The molecule has 2 aromatic heterocycles. The van der Waals surface area contributed by atoms with Gasteiger partial charge in [-0.3, -0.25) is 15.1 Å². The van der Waals surface area contributed by atoms with Crippen LogP contribution in [0.5, 0.6) is 0 Å². The van der Waals surface area contributed by atoms with Crippen LogP contribution in [-0.4, -0.2) is 32.5 Å². The fourth-order valence-corrected chi connectivity index (χ4v) is 2.46. The van der Waals surface area contributed by atoms with Crippen molar-refractivity contribution in [2.45, 2.75) is 13.8 Å². The molecule has 30 heavy (non-hydrogen) atoms. The third-order valence-electron chi connectivity index (χ3n) is 3.88. The quantitative estimate of drug-likeness (QED) is 0.321. The number of pyridine rings is 1. The summed E-state index contributed by atoms with van der Waals surface area (Å²) in [5.74, 6) is -0.130. The van der Waals surface area contributed by atoms with Gasteiger partial charge in [0.15, 0.2) is 0 Å². The molecular formula is C20H20N6O4. The number of carbonyl (C=O) groups is 1. The van der Waals surface area contributed by atoms with Crippen LogP contribution in [0.2, 0.25) is 0 Å². The Balaban J connectivity index is 1.80. The molecule has 10 nitrogen and oxygen atoms in total. The number of nitrogens with one attached hydrogen (secondary N) is 2. The van der Waals surface area contributed by atoms with Crippen LogP contribution in [-0.2, 0) is 4.74 Å². The van der Waals surface area contributed by atoms with Crippen molar-refractivity contribution in [2.24, 2.45) is 5.92 Å². The first-order chi connectivity index (χ1) is 14.4. The number of rotatable bonds is 8. The van der Waals surface area contributed by atoms with Gasteiger partial charge in [0, 0.05) is 23.8 Å². The highest BCUT2D eigenvalue weighted by atomic mass is 16.6. The summed E-state index contributed by atoms with van der Waals surface area (Å²) in [5.41, 5.74) is 1.20. The number of nitro groups is 1. The Labute approximate surface area is 172 Å². The average Bonchev–Trinajstić information content (AvgIpc) is 2.73. The van der Waals surface area contributed by atoms with E-state index < -0.39 is 10.9 Å². The summed E-state index contributed by atoms with van der Waals surface area (Å²) in [6, 6.07) is 9.72. The molecule has 1 aromatic carbocycles. The molecule has 2 N–H and O–H groups in total. The second-order valence-corrected chi connectivity index (χ2v) is 6.73. The van der Waals surface area contributed by atoms with Crippen molar-refractivity contribution in [3.63, 3.8) is 0 Å². The van der Waals surface area contributed by atoms with E-state index in [9.17, 15) is 14.9 Å². The topological polar surface area (TPSA) is 132 Å². The predicted octanol–water partition coefficient (Wildman–Crippen LogP) is 4.08. The summed E-state index contributed by atoms with van der Waals surface area (Å²) in [6.45, 7) is 4.23. The van der Waals surface area contributed by atoms with Gasteiger partial charge in [0.2, 0.25) is 11.6 Å². The van der Waals surface area contributed by atoms with E-state index in [1.165, 1.54) is 6.33 Å². The number of nitrogens with zero attached hydrogens (tertiary/aromatic N) is 4. The molecule has 0 saturated carbocycles. The van der Waals surface area contributed by atoms with Gasteiger partial charge in [-0.1, -0.05) is 13.8 Å². The monoisotopic (exact) mass is 408 g/mol. The maximum absolute atomic E-state index is 12.0. The molecule has 154 valence electrons. The van der Waals surface area contributed by atoms with Crippen LogP contribution >= 0.6 is 0 Å². The van der Waals surface area contributed by atoms with E-state index in [0.717, 1.165) is 0 Å². The van der Waals surface area contributed by atoms with Gasteiger partial charge in [0.05, 0.1) is 17.1 Å². The SMILES string of the molecule is CC(C)COC(=O)c1ccc(Nc2ncnc(Nc3ccncc3)c2[N+](=O)[O-])cc1. The minimum Gasteiger partial charge on any atom is -0.462 e. The Hall–Kier alpha value is -4.08. The van der Waals surface area contributed by atoms with Gasteiger partial charge in [0.25, 0.3) is 0 Å². The minimum atomic E-state index is -0.566. The molecule has 0 bridgehead atoms. The molecule has 0 radical (unpaired) electrons. The number of ether oxygens (including phenoxy) is 1. The molecule has 3 aromatic rings. The summed E-state index contributed by atoms with van der Waals surface area (Å²) in [6.07, 6.45) is 4.33. The van der Waals surface area contributed by atoms with Crippen LogP contribution < -0.4 is 10.6 Å². The van der Waals surface area contributed by atoms with E-state index in [1.807, 2.05) is 13.8 Å². The molecule has 10 heteroatoms. The van der Waals surface area contributed by atoms with Crippen LogP contribution in [0.4, 0.5) is 28.7 Å². The lowest BCUT2D eigenvalue weighted by molar-refractivity contribution is -0.383. The zero-order valence-corrected chi connectivity index (χ0v) is 16.4. The van der Waals surface area contributed by atoms with Crippen molar-refractivity contribution in [3.05, 3.63) is 70.8 Å². The number of hydrogen-bond donors (Lipinski definition) is 2. The largest absolute Gasteiger partial charge is 0.462 e. The van der Waals surface area contributed by atoms with Crippen molar-refractivity contribution < 1.29 is 14.5 Å². The molecule has 0 aliphatic carbocycles. The van der Waals surface area contributed by atoms with Crippen LogP contribution in [0.25, 0.3) is 0 Å². The molecule has 0 unspecified atom stereocenters. The summed E-state index contributed by atoms with van der Waals surface area (Å²) in [7, 11) is 0. The lowest BCUT2D eigenvalue weighted by Gasteiger charge is -2.11. The van der Waals surface area contributed by atoms with Gasteiger partial charge >= 0.3 is 11.7 Å². The van der Waals surface area contributed by atoms with Gasteiger partial charge in [-0.05, 0) is 42.3 Å². The van der Waals surface area contributed by atoms with Gasteiger partial charge < -0.3 is 15.4 Å². The third kappa shape index (κ3) is 5.25. The first-order valence-electron chi connectivity index (χ1n) is 9.14. The second-order valence-electron chi connectivity index (χ2n) is 6.73. The molecule has 2 heterocycles. The summed E-state index contributed by atoms with van der Waals surface area (Å²) in [5, 5.41) is 17.5. The maximum Gasteiger partial charge on any atom is 0.353 e. The first kappa shape index (κ1) is 20.6. The normalized spacial score (nSPS) is 10.5. The molecule has 0 saturated heterocycles. The molecule has 0 amide bonds. The van der Waals surface area contributed by atoms with Crippen molar-refractivity contribution in [2.75, 3.05) is 17.2 Å². The maximum atomic E-state index is 12.0. The fourth-order valence-electron chi connectivity index (χ4n) is 2.46. The Morgan fingerprint density at radius 3 is 2.13 bits per heavy atom. The number of carbonyl (C=O) groups excluding carboxylic acids is 1. The number of esters is 1. The lowest BCUT2D eigenvalue weighted by Crippen LogP contribution is -2.10. The lowest BCUT2D eigenvalue weighted by atomic mass is 10.2. The Kier molecular flexibility index (Phi) is 6.48. The van der Waals surface area contributed by atoms with Crippen LogP contribution in [0.1, 0.15) is 24.2 Å². The highest BCUT2D eigenvalue weighted by molar-refractivity contribution is 5.90. The highest BCUT2D eigenvalue weighted by Crippen LogP contribution is 2.32. The minimum absolute atomic E-state index is 0.0155. The van der Waals surface area contributed by atoms with Crippen LogP contribution in [0.15, 0.2) is 55.1 Å². The van der Waals surface area contributed by atoms with E-state index in [2.05, 4.69) is 25.6 Å². The average molecular weight is 408 g/mol. The highest BCUT2D eigenvalue weighted by Gasteiger charge is 2.23. The fraction of sp³-hybridized carbons (Fsp3) is 0.200. The Bertz CT molecular complexity index is 1030. The number of benzene rings is 1.